The number of hydrogen-bond donors (Lipinski definition) is 1. The van der Waals surface area contributed by atoms with Gasteiger partial charge in [-0.1, -0.05) is 12.8 Å². The van der Waals surface area contributed by atoms with Gasteiger partial charge in [-0.25, -0.2) is 9.97 Å². The Hall–Kier alpha value is -1.61. The summed E-state index contributed by atoms with van der Waals surface area (Å²) in [5.74, 6) is 0.748. The van der Waals surface area contributed by atoms with Gasteiger partial charge < -0.3 is 5.32 Å². The molecule has 2 heterocycles. The lowest BCUT2D eigenvalue weighted by molar-refractivity contribution is 0.749. The van der Waals surface area contributed by atoms with Gasteiger partial charge in [0.05, 0.1) is 0 Å². The van der Waals surface area contributed by atoms with Gasteiger partial charge in [0.1, 0.15) is 10.7 Å². The van der Waals surface area contributed by atoms with Crippen LogP contribution in [0.2, 0.25) is 0 Å². The predicted octanol–water partition coefficient (Wildman–Crippen LogP) is 2.72. The molecule has 5 nitrogen and oxygen atoms in total. The number of aromatic nitrogens is 3. The van der Waals surface area contributed by atoms with E-state index < -0.39 is 0 Å². The summed E-state index contributed by atoms with van der Waals surface area (Å²) in [6, 6.07) is 2.52. The van der Waals surface area contributed by atoms with E-state index in [2.05, 4.69) is 37.3 Å². The lowest BCUT2D eigenvalue weighted by atomic mass is 10.2. The molecular formula is C12H12BrN5. The van der Waals surface area contributed by atoms with Crippen molar-refractivity contribution >= 4 is 27.4 Å². The van der Waals surface area contributed by atoms with Gasteiger partial charge in [-0.15, -0.1) is 0 Å². The molecule has 0 spiro atoms. The van der Waals surface area contributed by atoms with Gasteiger partial charge >= 0.3 is 0 Å². The molecule has 0 atom stereocenters. The normalized spacial score (nSPS) is 16.0. The third-order valence-corrected chi connectivity index (χ3v) is 3.60. The third kappa shape index (κ3) is 2.06. The van der Waals surface area contributed by atoms with Crippen LogP contribution in [0.15, 0.2) is 17.0 Å². The molecule has 0 aliphatic heterocycles. The molecule has 0 amide bonds. The van der Waals surface area contributed by atoms with E-state index in [1.54, 1.807) is 6.20 Å². The van der Waals surface area contributed by atoms with Crippen LogP contribution in [0.4, 0.5) is 5.82 Å². The number of nitriles is 1. The Bertz CT molecular complexity index is 621. The van der Waals surface area contributed by atoms with Crippen molar-refractivity contribution in [2.45, 2.75) is 31.7 Å². The lowest BCUT2D eigenvalue weighted by Crippen LogP contribution is -2.16. The Morgan fingerprint density at radius 2 is 2.11 bits per heavy atom. The molecule has 6 heteroatoms. The standard InChI is InChI=1S/C12H12BrN5/c13-10-7-18-6-9(5-14)16-12(18)11(17-10)15-8-3-1-2-4-8/h6-8H,1-4H2,(H,15,17). The Kier molecular flexibility index (Phi) is 2.92. The fraction of sp³-hybridized carbons (Fsp3) is 0.417. The van der Waals surface area contributed by atoms with Crippen molar-refractivity contribution in [3.8, 4) is 6.07 Å². The summed E-state index contributed by atoms with van der Waals surface area (Å²) in [7, 11) is 0. The van der Waals surface area contributed by atoms with Crippen molar-refractivity contribution < 1.29 is 0 Å². The highest BCUT2D eigenvalue weighted by Gasteiger charge is 2.17. The number of imidazole rings is 1. The van der Waals surface area contributed by atoms with Gasteiger partial charge in [-0.2, -0.15) is 5.26 Å². The van der Waals surface area contributed by atoms with Crippen LogP contribution in [0.3, 0.4) is 0 Å². The molecular weight excluding hydrogens is 294 g/mol. The minimum absolute atomic E-state index is 0.407. The number of fused-ring (bicyclic) bond motifs is 1. The van der Waals surface area contributed by atoms with E-state index in [1.807, 2.05) is 10.6 Å². The number of nitrogens with zero attached hydrogens (tertiary/aromatic N) is 4. The van der Waals surface area contributed by atoms with E-state index in [-0.39, 0.29) is 0 Å². The molecule has 3 rings (SSSR count). The molecule has 1 N–H and O–H groups in total. The molecule has 2 aromatic rings. The van der Waals surface area contributed by atoms with E-state index in [4.69, 9.17) is 5.26 Å². The largest absolute Gasteiger partial charge is 0.364 e. The van der Waals surface area contributed by atoms with E-state index in [0.29, 0.717) is 17.4 Å². The molecule has 2 aromatic heterocycles. The molecule has 0 unspecified atom stereocenters. The third-order valence-electron chi connectivity index (χ3n) is 3.22. The summed E-state index contributed by atoms with van der Waals surface area (Å²) in [4.78, 5) is 8.70. The summed E-state index contributed by atoms with van der Waals surface area (Å²) < 4.78 is 2.56. The van der Waals surface area contributed by atoms with Crippen molar-refractivity contribution in [1.29, 1.82) is 5.26 Å². The molecule has 92 valence electrons. The first-order chi connectivity index (χ1) is 8.76. The highest BCUT2D eigenvalue weighted by Crippen LogP contribution is 2.24. The van der Waals surface area contributed by atoms with Crippen LogP contribution < -0.4 is 5.32 Å². The van der Waals surface area contributed by atoms with Crippen molar-refractivity contribution in [1.82, 2.24) is 14.4 Å². The van der Waals surface area contributed by atoms with Gasteiger partial charge in [-0.05, 0) is 28.8 Å². The van der Waals surface area contributed by atoms with E-state index in [1.165, 1.54) is 25.7 Å². The Labute approximate surface area is 113 Å². The van der Waals surface area contributed by atoms with Crippen molar-refractivity contribution in [2.75, 3.05) is 5.32 Å². The second-order valence-corrected chi connectivity index (χ2v) is 5.32. The summed E-state index contributed by atoms with van der Waals surface area (Å²) >= 11 is 3.38. The zero-order chi connectivity index (χ0) is 12.5. The summed E-state index contributed by atoms with van der Waals surface area (Å²) in [5, 5.41) is 12.3. The maximum atomic E-state index is 8.90. The number of anilines is 1. The fourth-order valence-electron chi connectivity index (χ4n) is 2.38. The van der Waals surface area contributed by atoms with E-state index in [0.717, 1.165) is 10.4 Å². The van der Waals surface area contributed by atoms with Crippen molar-refractivity contribution in [3.63, 3.8) is 0 Å². The first-order valence-corrected chi connectivity index (χ1v) is 6.77. The van der Waals surface area contributed by atoms with E-state index >= 15 is 0 Å². The highest BCUT2D eigenvalue weighted by molar-refractivity contribution is 9.10. The van der Waals surface area contributed by atoms with Crippen LogP contribution in [-0.4, -0.2) is 20.4 Å². The van der Waals surface area contributed by atoms with Crippen LogP contribution >= 0.6 is 15.9 Å². The van der Waals surface area contributed by atoms with Crippen LogP contribution in [-0.2, 0) is 0 Å². The minimum Gasteiger partial charge on any atom is -0.364 e. The maximum Gasteiger partial charge on any atom is 0.181 e. The van der Waals surface area contributed by atoms with Gasteiger partial charge in [0.2, 0.25) is 0 Å². The SMILES string of the molecule is N#Cc1cn2cc(Br)nc(NC3CCCC3)c2n1. The smallest absolute Gasteiger partial charge is 0.181 e. The molecule has 1 fully saturated rings. The second-order valence-electron chi connectivity index (χ2n) is 4.51. The van der Waals surface area contributed by atoms with E-state index in [9.17, 15) is 0 Å². The number of nitrogens with one attached hydrogen (secondary N) is 1. The lowest BCUT2D eigenvalue weighted by Gasteiger charge is -2.13. The van der Waals surface area contributed by atoms with Gasteiger partial charge in [0, 0.05) is 18.4 Å². The first-order valence-electron chi connectivity index (χ1n) is 5.98. The summed E-state index contributed by atoms with van der Waals surface area (Å²) in [6.07, 6.45) is 8.39. The van der Waals surface area contributed by atoms with Gasteiger partial charge in [0.15, 0.2) is 17.2 Å². The second kappa shape index (κ2) is 4.58. The Balaban J connectivity index is 2.03. The number of rotatable bonds is 2. The van der Waals surface area contributed by atoms with Crippen LogP contribution in [0.25, 0.3) is 5.65 Å². The molecule has 0 radical (unpaired) electrons. The Morgan fingerprint density at radius 1 is 1.33 bits per heavy atom. The number of hydrogen-bond acceptors (Lipinski definition) is 4. The van der Waals surface area contributed by atoms with Crippen LogP contribution in [0, 0.1) is 11.3 Å². The van der Waals surface area contributed by atoms with Gasteiger partial charge in [0.25, 0.3) is 0 Å². The predicted molar refractivity (Wildman–Crippen MR) is 71.3 cm³/mol. The first kappa shape index (κ1) is 11.5. The fourth-order valence-corrected chi connectivity index (χ4v) is 2.78. The zero-order valence-corrected chi connectivity index (χ0v) is 11.3. The molecule has 18 heavy (non-hydrogen) atoms. The molecule has 0 saturated heterocycles. The average molecular weight is 306 g/mol. The zero-order valence-electron chi connectivity index (χ0n) is 9.73. The molecule has 1 aliphatic rings. The topological polar surface area (TPSA) is 66.0 Å². The quantitative estimate of drug-likeness (QED) is 0.926. The minimum atomic E-state index is 0.407. The maximum absolute atomic E-state index is 8.90. The monoisotopic (exact) mass is 305 g/mol. The summed E-state index contributed by atoms with van der Waals surface area (Å²) in [5.41, 5.74) is 1.12. The average Bonchev–Trinajstić information content (AvgIpc) is 2.97. The Morgan fingerprint density at radius 3 is 2.83 bits per heavy atom. The van der Waals surface area contributed by atoms with Crippen molar-refractivity contribution in [3.05, 3.63) is 22.7 Å². The molecule has 0 bridgehead atoms. The van der Waals surface area contributed by atoms with Crippen LogP contribution in [0.5, 0.6) is 0 Å². The number of halogens is 1. The molecule has 1 saturated carbocycles. The summed E-state index contributed by atoms with van der Waals surface area (Å²) in [6.45, 7) is 0. The van der Waals surface area contributed by atoms with Crippen LogP contribution in [0.1, 0.15) is 31.4 Å². The molecule has 0 aromatic carbocycles. The van der Waals surface area contributed by atoms with Gasteiger partial charge in [-0.3, -0.25) is 4.40 Å². The highest BCUT2D eigenvalue weighted by atomic mass is 79.9. The van der Waals surface area contributed by atoms with Crippen molar-refractivity contribution in [2.24, 2.45) is 0 Å². The molecule has 1 aliphatic carbocycles.